The van der Waals surface area contributed by atoms with E-state index in [1.165, 1.54) is 13.1 Å². The third-order valence-electron chi connectivity index (χ3n) is 1.34. The third kappa shape index (κ3) is 17.9. The minimum atomic E-state index is -0.833. The molecule has 0 heterocycles. The Balaban J connectivity index is 0. The predicted octanol–water partition coefficient (Wildman–Crippen LogP) is 2.63. The molecule has 0 unspecified atom stereocenters. The molecule has 11 heavy (non-hydrogen) atoms. The first-order valence-electron chi connectivity index (χ1n) is 4.00. The fourth-order valence-electron chi connectivity index (χ4n) is 0.671. The van der Waals surface area contributed by atoms with Crippen LogP contribution in [-0.4, -0.2) is 31.3 Å². The van der Waals surface area contributed by atoms with Crippen molar-refractivity contribution in [2.75, 3.05) is 0 Å². The van der Waals surface area contributed by atoms with Crippen LogP contribution in [0.2, 0.25) is 13.1 Å². The topological polar surface area (TPSA) is 37.3 Å². The quantitative estimate of drug-likeness (QED) is 0.799. The molecule has 2 nitrogen and oxygen atoms in total. The maximum atomic E-state index is 9.00. The number of carboxylic acids is 1. The van der Waals surface area contributed by atoms with Crippen LogP contribution in [0, 0.1) is 0 Å². The average Bonchev–Trinajstić information content (AvgIpc) is 1.90. The van der Waals surface area contributed by atoms with Crippen molar-refractivity contribution in [3.05, 3.63) is 0 Å². The van der Waals surface area contributed by atoms with Crippen molar-refractivity contribution in [3.63, 3.8) is 0 Å². The Kier molecular flexibility index (Phi) is 13.0. The normalized spacial score (nSPS) is 8.82. The number of rotatable bonds is 3. The molecule has 0 aliphatic carbocycles. The summed E-state index contributed by atoms with van der Waals surface area (Å²) in [5.74, 6) is -0.833. The fraction of sp³-hybridized carbons (Fsp3) is 0.875. The molecule has 0 amide bonds. The van der Waals surface area contributed by atoms with Gasteiger partial charge in [-0.3, -0.25) is 4.79 Å². The second-order valence-electron chi connectivity index (χ2n) is 2.14. The molecule has 0 atom stereocenters. The van der Waals surface area contributed by atoms with Gasteiger partial charge in [-0.05, 0) is 0 Å². The van der Waals surface area contributed by atoms with Gasteiger partial charge in [0.05, 0.1) is 0 Å². The molecule has 0 aromatic heterocycles. The number of hydrogen-bond donors (Lipinski definition) is 1. The Morgan fingerprint density at radius 2 is 1.36 bits per heavy atom. The van der Waals surface area contributed by atoms with Crippen molar-refractivity contribution in [1.29, 1.82) is 0 Å². The molecule has 0 aromatic carbocycles. The summed E-state index contributed by atoms with van der Waals surface area (Å²) in [4.78, 5) is 9.00. The maximum absolute atomic E-state index is 9.00. The number of aliphatic carboxylic acids is 1. The molecule has 68 valence electrons. The molecule has 3 heteroatoms. The molecule has 0 aliphatic heterocycles. The average molecular weight is 269 g/mol. The zero-order valence-electron chi connectivity index (χ0n) is 7.92. The Bertz CT molecular complexity index is 80.6. The van der Waals surface area contributed by atoms with Gasteiger partial charge in [0.1, 0.15) is 0 Å². The second-order valence-corrected chi connectivity index (χ2v) is 11.4. The van der Waals surface area contributed by atoms with Crippen molar-refractivity contribution >= 4 is 26.2 Å². The van der Waals surface area contributed by atoms with Gasteiger partial charge in [-0.15, -0.1) is 0 Å². The molecule has 0 aromatic rings. The van der Waals surface area contributed by atoms with Crippen molar-refractivity contribution < 1.29 is 9.90 Å². The van der Waals surface area contributed by atoms with E-state index >= 15 is 0 Å². The van der Waals surface area contributed by atoms with Crippen molar-refractivity contribution in [3.8, 4) is 0 Å². The van der Waals surface area contributed by atoms with Crippen LogP contribution in [-0.2, 0) is 4.79 Å². The van der Waals surface area contributed by atoms with Crippen molar-refractivity contribution in [2.45, 2.75) is 40.8 Å². The summed E-state index contributed by atoms with van der Waals surface area (Å²) in [5, 5.41) is 7.42. The Morgan fingerprint density at radius 1 is 1.18 bits per heavy atom. The minimum absolute atomic E-state index is 0.542. The fourth-order valence-corrected chi connectivity index (χ4v) is 4.50. The molecule has 0 spiro atoms. The molecule has 1 N–H and O–H groups in total. The van der Waals surface area contributed by atoms with E-state index in [-0.39, 0.29) is 0 Å². The SMILES string of the molecule is CC(=O)O.C[CH2][Sb]([CH2]C)[CH2]C. The number of carbonyl (C=O) groups is 1. The molecule has 0 saturated carbocycles. The number of carboxylic acid groups (broad SMARTS) is 1. The van der Waals surface area contributed by atoms with Gasteiger partial charge in [0.2, 0.25) is 0 Å². The standard InChI is InChI=1S/C2H4O2.3C2H5.Sb/c1-2(3)4;3*1-2;/h1H3,(H,3,4);3*1H2,2H3;. The molecule has 0 aliphatic rings. The summed E-state index contributed by atoms with van der Waals surface area (Å²) >= 11 is -0.542. The van der Waals surface area contributed by atoms with Gasteiger partial charge in [-0.2, -0.15) is 0 Å². The van der Waals surface area contributed by atoms with Gasteiger partial charge >= 0.3 is 54.1 Å². The van der Waals surface area contributed by atoms with E-state index in [2.05, 4.69) is 20.8 Å². The summed E-state index contributed by atoms with van der Waals surface area (Å²) in [7, 11) is 0. The summed E-state index contributed by atoms with van der Waals surface area (Å²) in [6.07, 6.45) is 0. The molecule has 0 fully saturated rings. The summed E-state index contributed by atoms with van der Waals surface area (Å²) < 4.78 is 4.61. The molecule has 0 rings (SSSR count). The molecular weight excluding hydrogens is 250 g/mol. The summed E-state index contributed by atoms with van der Waals surface area (Å²) in [5.41, 5.74) is 0. The first-order chi connectivity index (χ1) is 5.08. The van der Waals surface area contributed by atoms with Gasteiger partial charge in [-0.25, -0.2) is 0 Å². The molecular formula is C8H19O2Sb. The van der Waals surface area contributed by atoms with Crippen LogP contribution < -0.4 is 0 Å². The van der Waals surface area contributed by atoms with Crippen LogP contribution in [0.1, 0.15) is 27.7 Å². The Morgan fingerprint density at radius 3 is 1.36 bits per heavy atom. The van der Waals surface area contributed by atoms with Gasteiger partial charge in [-0.1, -0.05) is 0 Å². The Hall–Kier alpha value is 0.288. The van der Waals surface area contributed by atoms with Gasteiger partial charge in [0, 0.05) is 6.92 Å². The van der Waals surface area contributed by atoms with Crippen LogP contribution >= 0.6 is 0 Å². The van der Waals surface area contributed by atoms with Crippen LogP contribution in [0.3, 0.4) is 0 Å². The molecule has 0 radical (unpaired) electrons. The van der Waals surface area contributed by atoms with Crippen molar-refractivity contribution in [1.82, 2.24) is 0 Å². The van der Waals surface area contributed by atoms with Crippen LogP contribution in [0.4, 0.5) is 0 Å². The summed E-state index contributed by atoms with van der Waals surface area (Å²) in [6.45, 7) is 8.11. The Labute approximate surface area is 77.0 Å². The van der Waals surface area contributed by atoms with E-state index in [4.69, 9.17) is 9.90 Å². The first kappa shape index (κ1) is 13.8. The predicted molar refractivity (Wildman–Crippen MR) is 50.5 cm³/mol. The van der Waals surface area contributed by atoms with E-state index < -0.39 is 26.2 Å². The van der Waals surface area contributed by atoms with Gasteiger partial charge in [0.25, 0.3) is 5.97 Å². The van der Waals surface area contributed by atoms with E-state index in [9.17, 15) is 0 Å². The number of hydrogen-bond acceptors (Lipinski definition) is 1. The van der Waals surface area contributed by atoms with E-state index in [1.807, 2.05) is 0 Å². The van der Waals surface area contributed by atoms with Crippen LogP contribution in [0.15, 0.2) is 0 Å². The van der Waals surface area contributed by atoms with Crippen LogP contribution in [0.5, 0.6) is 0 Å². The van der Waals surface area contributed by atoms with Gasteiger partial charge in [0.15, 0.2) is 0 Å². The zero-order valence-corrected chi connectivity index (χ0v) is 10.5. The monoisotopic (exact) mass is 268 g/mol. The molecule has 0 saturated heterocycles. The van der Waals surface area contributed by atoms with Gasteiger partial charge < -0.3 is 5.11 Å². The van der Waals surface area contributed by atoms with Crippen molar-refractivity contribution in [2.24, 2.45) is 0 Å². The van der Waals surface area contributed by atoms with E-state index in [1.54, 1.807) is 0 Å². The summed E-state index contributed by atoms with van der Waals surface area (Å²) in [6, 6.07) is 0. The van der Waals surface area contributed by atoms with E-state index in [0.29, 0.717) is 0 Å². The van der Waals surface area contributed by atoms with E-state index in [0.717, 1.165) is 6.92 Å². The molecule has 0 bridgehead atoms. The zero-order chi connectivity index (χ0) is 9.28. The third-order valence-corrected chi connectivity index (χ3v) is 9.00. The second kappa shape index (κ2) is 10.3. The van der Waals surface area contributed by atoms with Crippen LogP contribution in [0.25, 0.3) is 0 Å². The first-order valence-corrected chi connectivity index (χ1v) is 9.41.